The molecule has 1 saturated heterocycles. The highest BCUT2D eigenvalue weighted by molar-refractivity contribution is 7.86. The van der Waals surface area contributed by atoms with Crippen LogP contribution in [0.25, 0.3) is 34.0 Å². The number of nitrogens with two attached hydrogens (primary N) is 1. The lowest BCUT2D eigenvalue weighted by Gasteiger charge is -2.45. The Hall–Kier alpha value is -4.52. The summed E-state index contributed by atoms with van der Waals surface area (Å²) in [5.41, 5.74) is 3.70. The van der Waals surface area contributed by atoms with Gasteiger partial charge in [0.2, 0.25) is 17.3 Å². The van der Waals surface area contributed by atoms with E-state index in [9.17, 15) is 85.9 Å². The third-order valence-corrected chi connectivity index (χ3v) is 9.64. The van der Waals surface area contributed by atoms with Gasteiger partial charge in [0.1, 0.15) is 41.6 Å². The Bertz CT molecular complexity index is 2030. The summed E-state index contributed by atoms with van der Waals surface area (Å²) in [6, 6.07) is 2.83. The van der Waals surface area contributed by atoms with E-state index in [1.54, 1.807) is 0 Å². The van der Waals surface area contributed by atoms with Crippen LogP contribution in [0.3, 0.4) is 0 Å². The molecule has 3 heterocycles. The van der Waals surface area contributed by atoms with Gasteiger partial charge in [0.25, 0.3) is 5.91 Å². The summed E-state index contributed by atoms with van der Waals surface area (Å²) in [5.74, 6) is -21.7. The number of aliphatic hydroxyl groups is 13. The SMILES string of the molecule is Nc1ncc(-c2ccc(S(=O)C(O)(C(O)(O)O)C(O)(O)O)cc2O)nc1-c1onc(-c2ccc(C(O)(O)NC3C(O)(O)COCC3(O)O)cc2O)c1O. The summed E-state index contributed by atoms with van der Waals surface area (Å²) in [6.07, 6.45) is 1.000. The Morgan fingerprint density at radius 3 is 1.92 bits per heavy atom. The average Bonchev–Trinajstić information content (AvgIpc) is 3.41. The van der Waals surface area contributed by atoms with Crippen LogP contribution in [0.5, 0.6) is 17.2 Å². The molecular weight excluding hydrogens is 742 g/mol. The molecule has 0 radical (unpaired) electrons. The van der Waals surface area contributed by atoms with Crippen LogP contribution >= 0.6 is 0 Å². The Balaban J connectivity index is 1.45. The lowest BCUT2D eigenvalue weighted by molar-refractivity contribution is -0.466. The molecule has 0 aliphatic carbocycles. The number of aromatic hydroxyl groups is 3. The fourth-order valence-corrected chi connectivity index (χ4v) is 6.40. The number of hydrogen-bond acceptors (Lipinski definition) is 24. The molecule has 53 heavy (non-hydrogen) atoms. The van der Waals surface area contributed by atoms with Crippen molar-refractivity contribution < 1.29 is 95.2 Å². The van der Waals surface area contributed by atoms with Crippen molar-refractivity contribution >= 4 is 16.6 Å². The predicted molar refractivity (Wildman–Crippen MR) is 166 cm³/mol. The topological polar surface area (TPSA) is 440 Å². The normalized spacial score (nSPS) is 17.5. The van der Waals surface area contributed by atoms with Gasteiger partial charge in [-0.2, -0.15) is 0 Å². The zero-order chi connectivity index (χ0) is 39.7. The van der Waals surface area contributed by atoms with E-state index >= 15 is 0 Å². The smallest absolute Gasteiger partial charge is 0.327 e. The molecule has 24 nitrogen and oxygen atoms in total. The molecule has 0 saturated carbocycles. The first-order valence-corrected chi connectivity index (χ1v) is 15.5. The highest BCUT2D eigenvalue weighted by Crippen LogP contribution is 2.44. The predicted octanol–water partition coefficient (Wildman–Crippen LogP) is -6.33. The highest BCUT2D eigenvalue weighted by atomic mass is 32.2. The first-order chi connectivity index (χ1) is 24.2. The second-order valence-electron chi connectivity index (χ2n) is 11.8. The number of ether oxygens (including phenoxy) is 1. The molecule has 1 aliphatic rings. The van der Waals surface area contributed by atoms with Crippen LogP contribution in [0.4, 0.5) is 5.82 Å². The first kappa shape index (κ1) is 39.7. The zero-order valence-corrected chi connectivity index (χ0v) is 27.1. The van der Waals surface area contributed by atoms with E-state index in [4.69, 9.17) is 15.0 Å². The lowest BCUT2D eigenvalue weighted by atomic mass is 9.94. The Morgan fingerprint density at radius 1 is 0.811 bits per heavy atom. The number of aromatic nitrogens is 3. The van der Waals surface area contributed by atoms with Crippen molar-refractivity contribution in [1.82, 2.24) is 20.4 Å². The fourth-order valence-electron chi connectivity index (χ4n) is 5.15. The van der Waals surface area contributed by atoms with Gasteiger partial charge in [-0.15, -0.1) is 0 Å². The third kappa shape index (κ3) is 7.00. The number of phenolic OH excluding ortho intramolecular Hbond substituents is 2. The summed E-state index contributed by atoms with van der Waals surface area (Å²) >= 11 is 0. The van der Waals surface area contributed by atoms with Gasteiger partial charge < -0.3 is 96.7 Å². The molecule has 288 valence electrons. The van der Waals surface area contributed by atoms with Crippen LogP contribution in [0.1, 0.15) is 5.56 Å². The van der Waals surface area contributed by atoms with Crippen LogP contribution in [0, 0.1) is 0 Å². The molecular formula is C28H31N5O19S. The quantitative estimate of drug-likeness (QED) is 0.0666. The number of benzene rings is 2. The molecule has 1 atom stereocenters. The second-order valence-corrected chi connectivity index (χ2v) is 13.4. The van der Waals surface area contributed by atoms with Gasteiger partial charge in [-0.05, 0) is 30.3 Å². The fraction of sp³-hybridized carbons (Fsp3) is 0.321. The molecule has 0 spiro atoms. The van der Waals surface area contributed by atoms with Crippen molar-refractivity contribution in [3.8, 4) is 51.2 Å². The van der Waals surface area contributed by atoms with Gasteiger partial charge >= 0.3 is 16.9 Å². The number of nitrogens with one attached hydrogen (secondary N) is 1. The maximum absolute atomic E-state index is 12.8. The summed E-state index contributed by atoms with van der Waals surface area (Å²) < 4.78 is 22.7. The molecule has 2 aromatic heterocycles. The highest BCUT2D eigenvalue weighted by Gasteiger charge is 2.67. The Labute approximate surface area is 295 Å². The number of nitrogen functional groups attached to an aromatic ring is 1. The van der Waals surface area contributed by atoms with Crippen LogP contribution in [0.15, 0.2) is 52.0 Å². The van der Waals surface area contributed by atoms with E-state index in [1.165, 1.54) is 0 Å². The molecule has 2 aromatic carbocycles. The van der Waals surface area contributed by atoms with Gasteiger partial charge in [-0.1, -0.05) is 11.2 Å². The van der Waals surface area contributed by atoms with E-state index in [1.807, 2.05) is 5.32 Å². The van der Waals surface area contributed by atoms with Crippen LogP contribution in [-0.2, 0) is 21.4 Å². The van der Waals surface area contributed by atoms with E-state index in [0.717, 1.165) is 36.5 Å². The van der Waals surface area contributed by atoms with Gasteiger partial charge in [0, 0.05) is 21.6 Å². The van der Waals surface area contributed by atoms with E-state index in [0.29, 0.717) is 6.07 Å². The Morgan fingerprint density at radius 2 is 1.38 bits per heavy atom. The van der Waals surface area contributed by atoms with Crippen LogP contribution in [0.2, 0.25) is 0 Å². The summed E-state index contributed by atoms with van der Waals surface area (Å²) in [5, 5.41) is 166. The maximum Gasteiger partial charge on any atom is 0.327 e. The van der Waals surface area contributed by atoms with Gasteiger partial charge in [0.05, 0.1) is 11.9 Å². The number of anilines is 1. The summed E-state index contributed by atoms with van der Waals surface area (Å²) in [6.45, 7) is -1.68. The van der Waals surface area contributed by atoms with E-state index < -0.39 is 109 Å². The van der Waals surface area contributed by atoms with Crippen molar-refractivity contribution in [2.45, 2.75) is 45.3 Å². The molecule has 1 unspecified atom stereocenters. The van der Waals surface area contributed by atoms with Crippen molar-refractivity contribution in [3.63, 3.8) is 0 Å². The molecule has 19 N–H and O–H groups in total. The third-order valence-electron chi connectivity index (χ3n) is 7.87. The Kier molecular flexibility index (Phi) is 9.81. The maximum atomic E-state index is 12.8. The van der Waals surface area contributed by atoms with E-state index in [2.05, 4.69) is 15.1 Å². The van der Waals surface area contributed by atoms with Crippen LogP contribution < -0.4 is 11.1 Å². The minimum Gasteiger partial charge on any atom is -0.507 e. The van der Waals surface area contributed by atoms with Crippen LogP contribution in [-0.4, -0.2) is 149 Å². The molecule has 5 rings (SSSR count). The zero-order valence-electron chi connectivity index (χ0n) is 26.2. The average molecular weight is 774 g/mol. The largest absolute Gasteiger partial charge is 0.507 e. The molecule has 0 amide bonds. The lowest BCUT2D eigenvalue weighted by Crippen LogP contribution is -2.73. The van der Waals surface area contributed by atoms with Crippen molar-refractivity contribution in [3.05, 3.63) is 48.2 Å². The van der Waals surface area contributed by atoms with Crippen molar-refractivity contribution in [2.24, 2.45) is 0 Å². The monoisotopic (exact) mass is 773 g/mol. The van der Waals surface area contributed by atoms with Gasteiger partial charge in [-0.3, -0.25) is 4.21 Å². The molecule has 0 bridgehead atoms. The second kappa shape index (κ2) is 13.1. The molecule has 1 aliphatic heterocycles. The number of phenols is 2. The van der Waals surface area contributed by atoms with Gasteiger partial charge in [-0.25, -0.2) is 15.3 Å². The van der Waals surface area contributed by atoms with Gasteiger partial charge in [0.15, 0.2) is 23.0 Å². The summed E-state index contributed by atoms with van der Waals surface area (Å²) in [4.78, 5) is 2.89. The van der Waals surface area contributed by atoms with Crippen molar-refractivity contribution in [1.29, 1.82) is 0 Å². The molecule has 4 aromatic rings. The summed E-state index contributed by atoms with van der Waals surface area (Å²) in [7, 11) is -3.49. The minimum atomic E-state index is -4.56. The first-order valence-electron chi connectivity index (χ1n) is 14.4. The molecule has 1 fully saturated rings. The number of rotatable bonds is 10. The minimum absolute atomic E-state index is 0.241. The molecule has 25 heteroatoms. The standard InChI is InChI=1S/C28H31N5O19S/c29-21-18(31-14(7-30-21)12-4-2-11(6-16(12)35)53(50)26(43,27(44,45)46)28(47,48)49)20-19(36)17(33-52-20)13-3-1-10(5-15(13)34)25(41,42)32-22-23(37,38)8-51-9-24(22,39)40/h1-7,22,32,34-49H,8-9H2,(H2,29,30). The number of hydrogen-bond donors (Lipinski definition) is 18. The number of nitrogens with zero attached hydrogens (tertiary/aromatic N) is 3. The van der Waals surface area contributed by atoms with E-state index in [-0.39, 0.29) is 22.6 Å². The van der Waals surface area contributed by atoms with Crippen molar-refractivity contribution in [2.75, 3.05) is 18.9 Å².